The molecule has 14 heteroatoms. The molecule has 14 nitrogen and oxygen atoms in total. The molecule has 1 aromatic carbocycles. The highest BCUT2D eigenvalue weighted by molar-refractivity contribution is 5.90. The smallest absolute Gasteiger partial charge is 0.245 e. The third-order valence-corrected chi connectivity index (χ3v) is 10.8. The summed E-state index contributed by atoms with van der Waals surface area (Å²) in [4.78, 5) is 60.0. The van der Waals surface area contributed by atoms with Crippen LogP contribution in [0.2, 0.25) is 0 Å². The highest BCUT2D eigenvalue weighted by atomic mass is 16.5. The number of carbonyl (C=O) groups is 4. The lowest BCUT2D eigenvalue weighted by atomic mass is 9.89. The van der Waals surface area contributed by atoms with Gasteiger partial charge in [-0.25, -0.2) is 0 Å². The van der Waals surface area contributed by atoms with Gasteiger partial charge in [0.05, 0.1) is 55.4 Å². The average Bonchev–Trinajstić information content (AvgIpc) is 3.59. The first kappa shape index (κ1) is 45.9. The second kappa shape index (κ2) is 21.6. The van der Waals surface area contributed by atoms with Crippen LogP contribution in [0.4, 0.5) is 0 Å². The number of likely N-dealkylation sites (N-methyl/N-ethyl adjacent to an activating group) is 2. The molecule has 1 aliphatic rings. The van der Waals surface area contributed by atoms with Crippen molar-refractivity contribution in [3.8, 4) is 5.75 Å². The number of hydrogen-bond acceptors (Lipinski definition) is 10. The molecule has 302 valence electrons. The van der Waals surface area contributed by atoms with Crippen LogP contribution in [0, 0.1) is 17.8 Å². The molecule has 0 aromatic heterocycles. The molecule has 1 aliphatic heterocycles. The van der Waals surface area contributed by atoms with E-state index in [0.717, 1.165) is 12.0 Å². The number of aromatic hydroxyl groups is 1. The largest absolute Gasteiger partial charge is 0.508 e. The Labute approximate surface area is 316 Å². The van der Waals surface area contributed by atoms with Crippen LogP contribution in [0.5, 0.6) is 5.75 Å². The number of rotatable bonds is 21. The summed E-state index contributed by atoms with van der Waals surface area (Å²) in [5.74, 6) is -2.10. The number of methoxy groups -OCH3 is 2. The zero-order valence-corrected chi connectivity index (χ0v) is 33.7. The molecule has 10 atom stereocenters. The van der Waals surface area contributed by atoms with Crippen LogP contribution in [0.1, 0.15) is 72.8 Å². The topological polar surface area (TPSA) is 181 Å². The summed E-state index contributed by atoms with van der Waals surface area (Å²) in [6.07, 6.45) is 0.178. The number of ether oxygens (including phenoxy) is 2. The Morgan fingerprint density at radius 2 is 1.58 bits per heavy atom. The SMILES string of the molecule is CC[C@H](C)[C@@H]([C@@H](CC(=O)N1CCC[C@H]1[C@H](OC)[C@@H](C)C(=O)N[C@H](CO)Cc1ccc(O)cc1)OC)N(C)C(=O)[C@@H](NC(=O)[C@H]([C@@H](C)O)N(C)C)C(C)C. The Morgan fingerprint density at radius 1 is 0.962 bits per heavy atom. The van der Waals surface area contributed by atoms with Crippen LogP contribution < -0.4 is 10.6 Å². The highest BCUT2D eigenvalue weighted by Gasteiger charge is 2.43. The van der Waals surface area contributed by atoms with Gasteiger partial charge in [0.15, 0.2) is 0 Å². The van der Waals surface area contributed by atoms with E-state index in [0.29, 0.717) is 25.8 Å². The molecule has 0 radical (unpaired) electrons. The Hall–Kier alpha value is -3.30. The molecule has 1 saturated heterocycles. The number of benzene rings is 1. The number of amides is 4. The van der Waals surface area contributed by atoms with Crippen molar-refractivity contribution in [3.05, 3.63) is 29.8 Å². The number of carbonyl (C=O) groups excluding carboxylic acids is 4. The van der Waals surface area contributed by atoms with Crippen molar-refractivity contribution in [2.45, 2.75) is 122 Å². The van der Waals surface area contributed by atoms with Crippen LogP contribution in [0.15, 0.2) is 24.3 Å². The van der Waals surface area contributed by atoms with E-state index in [2.05, 4.69) is 10.6 Å². The van der Waals surface area contributed by atoms with Crippen LogP contribution in [0.3, 0.4) is 0 Å². The minimum Gasteiger partial charge on any atom is -0.508 e. The third-order valence-electron chi connectivity index (χ3n) is 10.8. The number of aliphatic hydroxyl groups is 2. The van der Waals surface area contributed by atoms with Gasteiger partial charge >= 0.3 is 0 Å². The maximum absolute atomic E-state index is 14.1. The van der Waals surface area contributed by atoms with Crippen molar-refractivity contribution in [2.75, 3.05) is 48.5 Å². The lowest BCUT2D eigenvalue weighted by molar-refractivity contribution is -0.148. The van der Waals surface area contributed by atoms with Crippen molar-refractivity contribution < 1.29 is 44.0 Å². The average molecular weight is 750 g/mol. The summed E-state index contributed by atoms with van der Waals surface area (Å²) in [5.41, 5.74) is 0.847. The number of aliphatic hydroxyl groups excluding tert-OH is 2. The van der Waals surface area contributed by atoms with Crippen molar-refractivity contribution in [1.29, 1.82) is 0 Å². The monoisotopic (exact) mass is 749 g/mol. The van der Waals surface area contributed by atoms with E-state index in [1.54, 1.807) is 67.0 Å². The molecule has 0 unspecified atom stereocenters. The molecule has 5 N–H and O–H groups in total. The molecule has 0 spiro atoms. The Morgan fingerprint density at radius 3 is 2.08 bits per heavy atom. The zero-order valence-electron chi connectivity index (χ0n) is 33.7. The van der Waals surface area contributed by atoms with Gasteiger partial charge in [-0.3, -0.25) is 24.1 Å². The van der Waals surface area contributed by atoms with E-state index in [1.165, 1.54) is 21.1 Å². The Bertz CT molecular complexity index is 1300. The molecular formula is C39H67N5O9. The molecule has 1 fully saturated rings. The van der Waals surface area contributed by atoms with Crippen molar-refractivity contribution in [2.24, 2.45) is 17.8 Å². The molecule has 0 saturated carbocycles. The van der Waals surface area contributed by atoms with Gasteiger partial charge in [0.2, 0.25) is 23.6 Å². The summed E-state index contributed by atoms with van der Waals surface area (Å²) < 4.78 is 11.9. The number of nitrogens with one attached hydrogen (secondary N) is 2. The predicted octanol–water partition coefficient (Wildman–Crippen LogP) is 1.78. The number of likely N-dealkylation sites (tertiary alicyclic amines) is 1. The quantitative estimate of drug-likeness (QED) is 0.124. The second-order valence-electron chi connectivity index (χ2n) is 15.2. The molecule has 4 amide bonds. The van der Waals surface area contributed by atoms with Gasteiger partial charge in [-0.1, -0.05) is 53.2 Å². The first-order valence-corrected chi connectivity index (χ1v) is 18.9. The summed E-state index contributed by atoms with van der Waals surface area (Å²) >= 11 is 0. The van der Waals surface area contributed by atoms with Crippen molar-refractivity contribution >= 4 is 23.6 Å². The van der Waals surface area contributed by atoms with Crippen LogP contribution in [0.25, 0.3) is 0 Å². The van der Waals surface area contributed by atoms with Crippen LogP contribution >= 0.6 is 0 Å². The number of hydrogen-bond donors (Lipinski definition) is 5. The van der Waals surface area contributed by atoms with Gasteiger partial charge in [0.1, 0.15) is 17.8 Å². The van der Waals surface area contributed by atoms with Crippen molar-refractivity contribution in [3.63, 3.8) is 0 Å². The lowest BCUT2D eigenvalue weighted by Gasteiger charge is -2.41. The van der Waals surface area contributed by atoms with E-state index in [9.17, 15) is 34.5 Å². The molecule has 2 rings (SSSR count). The maximum atomic E-state index is 14.1. The zero-order chi connectivity index (χ0) is 40.2. The maximum Gasteiger partial charge on any atom is 0.245 e. The summed E-state index contributed by atoms with van der Waals surface area (Å²) in [7, 11) is 8.11. The first-order valence-electron chi connectivity index (χ1n) is 18.9. The summed E-state index contributed by atoms with van der Waals surface area (Å²) in [6, 6.07) is 3.43. The number of phenols is 1. The third kappa shape index (κ3) is 12.4. The van der Waals surface area contributed by atoms with E-state index >= 15 is 0 Å². The molecule has 0 bridgehead atoms. The van der Waals surface area contributed by atoms with Gasteiger partial charge in [-0.15, -0.1) is 0 Å². The van der Waals surface area contributed by atoms with E-state index in [4.69, 9.17) is 9.47 Å². The molecule has 53 heavy (non-hydrogen) atoms. The fourth-order valence-corrected chi connectivity index (χ4v) is 7.57. The van der Waals surface area contributed by atoms with E-state index in [1.807, 2.05) is 27.7 Å². The van der Waals surface area contributed by atoms with Gasteiger partial charge < -0.3 is 45.2 Å². The summed E-state index contributed by atoms with van der Waals surface area (Å²) in [5, 5.41) is 35.7. The fraction of sp³-hybridized carbons (Fsp3) is 0.744. The predicted molar refractivity (Wildman–Crippen MR) is 203 cm³/mol. The standard InChI is InChI=1S/C39H67N5O9/c1-12-24(4)34(43(9)39(51)33(23(2)3)41-38(50)35(26(6)46)42(7)8)31(52-10)21-32(48)44-19-13-14-30(44)36(53-11)25(5)37(49)40-28(22-45)20-27-15-17-29(47)18-16-27/h15-18,23-26,28,30-31,33-36,45-47H,12-14,19-22H2,1-11H3,(H,40,49)(H,41,50)/t24-,25+,26+,28-,30-,31+,33-,34-,35-,36+/m0/s1. The number of nitrogens with zero attached hydrogens (tertiary/aromatic N) is 3. The van der Waals surface area contributed by atoms with E-state index in [-0.39, 0.29) is 54.4 Å². The van der Waals surface area contributed by atoms with Crippen LogP contribution in [-0.4, -0.2) is 151 Å². The fourth-order valence-electron chi connectivity index (χ4n) is 7.57. The molecule has 1 aromatic rings. The van der Waals surface area contributed by atoms with Gasteiger partial charge in [-0.2, -0.15) is 0 Å². The highest BCUT2D eigenvalue weighted by Crippen LogP contribution is 2.30. The minimum atomic E-state index is -0.957. The molecule has 0 aliphatic carbocycles. The first-order chi connectivity index (χ1) is 24.9. The van der Waals surface area contributed by atoms with Gasteiger partial charge in [0.25, 0.3) is 0 Å². The Kier molecular flexibility index (Phi) is 18.6. The van der Waals surface area contributed by atoms with Gasteiger partial charge in [-0.05, 0) is 69.8 Å². The normalized spacial score (nSPS) is 19.8. The van der Waals surface area contributed by atoms with Gasteiger partial charge in [0, 0.05) is 27.8 Å². The molecular weight excluding hydrogens is 682 g/mol. The summed E-state index contributed by atoms with van der Waals surface area (Å²) in [6.45, 7) is 11.2. The minimum absolute atomic E-state index is 0.0146. The molecule has 1 heterocycles. The van der Waals surface area contributed by atoms with E-state index < -0.39 is 54.3 Å². The Balaban J connectivity index is 2.25. The number of phenolic OH excluding ortho intramolecular Hbond substituents is 1. The van der Waals surface area contributed by atoms with Crippen LogP contribution in [-0.2, 0) is 35.1 Å². The van der Waals surface area contributed by atoms with Crippen molar-refractivity contribution in [1.82, 2.24) is 25.3 Å². The second-order valence-corrected chi connectivity index (χ2v) is 15.2. The lowest BCUT2D eigenvalue weighted by Crippen LogP contribution is -2.60.